The second-order valence-corrected chi connectivity index (χ2v) is 5.67. The largest absolute Gasteiger partial charge is 0.457 e. The highest BCUT2D eigenvalue weighted by molar-refractivity contribution is 5.41. The van der Waals surface area contributed by atoms with Gasteiger partial charge in [0.1, 0.15) is 11.5 Å². The van der Waals surface area contributed by atoms with Gasteiger partial charge in [0.05, 0.1) is 0 Å². The summed E-state index contributed by atoms with van der Waals surface area (Å²) in [6.45, 7) is 4.55. The van der Waals surface area contributed by atoms with Crippen LogP contribution in [0.25, 0.3) is 0 Å². The van der Waals surface area contributed by atoms with Crippen LogP contribution in [0.1, 0.15) is 31.0 Å². The van der Waals surface area contributed by atoms with Crippen molar-refractivity contribution in [3.05, 3.63) is 59.7 Å². The number of hydrogen-bond acceptors (Lipinski definition) is 2. The summed E-state index contributed by atoms with van der Waals surface area (Å²) in [6, 6.07) is 17.5. The van der Waals surface area contributed by atoms with Crippen molar-refractivity contribution in [2.24, 2.45) is 0 Å². The maximum absolute atomic E-state index is 5.94. The Labute approximate surface area is 121 Å². The van der Waals surface area contributed by atoms with E-state index in [9.17, 15) is 0 Å². The molecule has 2 heteroatoms. The summed E-state index contributed by atoms with van der Waals surface area (Å²) in [7, 11) is 2.20. The fourth-order valence-electron chi connectivity index (χ4n) is 2.90. The Balaban J connectivity index is 1.89. The molecule has 2 aromatic rings. The molecule has 0 saturated heterocycles. The van der Waals surface area contributed by atoms with E-state index in [1.165, 1.54) is 11.1 Å². The van der Waals surface area contributed by atoms with Gasteiger partial charge < -0.3 is 4.74 Å². The molecular formula is C18H21NO. The summed E-state index contributed by atoms with van der Waals surface area (Å²) in [6.07, 6.45) is 1.11. The second kappa shape index (κ2) is 5.29. The Morgan fingerprint density at radius 1 is 1.00 bits per heavy atom. The summed E-state index contributed by atoms with van der Waals surface area (Å²) >= 11 is 0. The molecule has 2 unspecified atom stereocenters. The molecule has 104 valence electrons. The molecule has 1 aliphatic heterocycles. The van der Waals surface area contributed by atoms with Crippen molar-refractivity contribution in [2.45, 2.75) is 32.4 Å². The van der Waals surface area contributed by atoms with Crippen molar-refractivity contribution >= 4 is 0 Å². The van der Waals surface area contributed by atoms with Crippen LogP contribution in [0.3, 0.4) is 0 Å². The van der Waals surface area contributed by atoms with Gasteiger partial charge in [-0.15, -0.1) is 0 Å². The van der Waals surface area contributed by atoms with E-state index in [1.54, 1.807) is 0 Å². The first kappa shape index (κ1) is 13.2. The van der Waals surface area contributed by atoms with E-state index in [2.05, 4.69) is 44.0 Å². The number of ether oxygens (including phenoxy) is 1. The van der Waals surface area contributed by atoms with Crippen molar-refractivity contribution < 1.29 is 4.74 Å². The molecule has 2 aromatic carbocycles. The third kappa shape index (κ3) is 2.44. The molecule has 20 heavy (non-hydrogen) atoms. The summed E-state index contributed by atoms with van der Waals surface area (Å²) in [5.74, 6) is 1.81. The first-order valence-electron chi connectivity index (χ1n) is 7.23. The van der Waals surface area contributed by atoms with Gasteiger partial charge in [0.15, 0.2) is 0 Å². The van der Waals surface area contributed by atoms with Crippen LogP contribution in [0.15, 0.2) is 48.5 Å². The zero-order chi connectivity index (χ0) is 14.1. The number of likely N-dealkylation sites (N-methyl/N-ethyl adjacent to an activating group) is 1. The van der Waals surface area contributed by atoms with E-state index >= 15 is 0 Å². The molecular weight excluding hydrogens is 246 g/mol. The third-order valence-corrected chi connectivity index (χ3v) is 4.37. The smallest absolute Gasteiger partial charge is 0.127 e. The van der Waals surface area contributed by atoms with Gasteiger partial charge in [-0.25, -0.2) is 0 Å². The van der Waals surface area contributed by atoms with Gasteiger partial charge in [-0.1, -0.05) is 24.3 Å². The van der Waals surface area contributed by atoms with Gasteiger partial charge in [0.2, 0.25) is 0 Å². The van der Waals surface area contributed by atoms with Crippen LogP contribution in [-0.4, -0.2) is 18.0 Å². The predicted octanol–water partition coefficient (Wildman–Crippen LogP) is 4.42. The summed E-state index contributed by atoms with van der Waals surface area (Å²) < 4.78 is 5.94. The van der Waals surface area contributed by atoms with Crippen LogP contribution in [0.4, 0.5) is 0 Å². The molecule has 0 saturated carbocycles. The minimum absolute atomic E-state index is 0.438. The Kier molecular flexibility index (Phi) is 3.49. The normalized spacial score (nSPS) is 22.4. The lowest BCUT2D eigenvalue weighted by atomic mass is 9.90. The van der Waals surface area contributed by atoms with Gasteiger partial charge in [-0.2, -0.15) is 0 Å². The average Bonchev–Trinajstić information content (AvgIpc) is 2.47. The molecule has 0 aromatic heterocycles. The molecule has 0 radical (unpaired) electrons. The summed E-state index contributed by atoms with van der Waals surface area (Å²) in [5, 5.41) is 0. The van der Waals surface area contributed by atoms with Gasteiger partial charge >= 0.3 is 0 Å². The van der Waals surface area contributed by atoms with Crippen LogP contribution < -0.4 is 4.74 Å². The molecule has 0 fully saturated rings. The van der Waals surface area contributed by atoms with Gasteiger partial charge in [0, 0.05) is 12.1 Å². The SMILES string of the molecule is CC1Cc2ccc(Oc3ccccc3)cc2C(C)N1C. The van der Waals surface area contributed by atoms with E-state index in [1.807, 2.05) is 30.3 Å². The molecule has 0 spiro atoms. The standard InChI is InChI=1S/C18H21NO/c1-13-11-15-9-10-17(12-18(15)14(2)19(13)3)20-16-7-5-4-6-8-16/h4-10,12-14H,11H2,1-3H3. The van der Waals surface area contributed by atoms with Crippen molar-refractivity contribution in [1.29, 1.82) is 0 Å². The van der Waals surface area contributed by atoms with Crippen molar-refractivity contribution in [1.82, 2.24) is 4.90 Å². The minimum atomic E-state index is 0.438. The maximum Gasteiger partial charge on any atom is 0.127 e. The lowest BCUT2D eigenvalue weighted by molar-refractivity contribution is 0.179. The number of nitrogens with zero attached hydrogens (tertiary/aromatic N) is 1. The number of fused-ring (bicyclic) bond motifs is 1. The van der Waals surface area contributed by atoms with E-state index in [4.69, 9.17) is 4.74 Å². The second-order valence-electron chi connectivity index (χ2n) is 5.67. The lowest BCUT2D eigenvalue weighted by Crippen LogP contribution is -2.37. The number of benzene rings is 2. The van der Waals surface area contributed by atoms with E-state index in [0.29, 0.717) is 12.1 Å². The predicted molar refractivity (Wildman–Crippen MR) is 82.3 cm³/mol. The third-order valence-electron chi connectivity index (χ3n) is 4.37. The van der Waals surface area contributed by atoms with Crippen molar-refractivity contribution in [2.75, 3.05) is 7.05 Å². The zero-order valence-electron chi connectivity index (χ0n) is 12.3. The number of rotatable bonds is 2. The first-order valence-corrected chi connectivity index (χ1v) is 7.23. The molecule has 2 nitrogen and oxygen atoms in total. The average molecular weight is 267 g/mol. The quantitative estimate of drug-likeness (QED) is 0.798. The summed E-state index contributed by atoms with van der Waals surface area (Å²) in [5.41, 5.74) is 2.84. The van der Waals surface area contributed by atoms with Crippen LogP contribution in [0.5, 0.6) is 11.5 Å². The van der Waals surface area contributed by atoms with Gasteiger partial charge in [-0.05, 0) is 62.7 Å². The molecule has 0 bridgehead atoms. The molecule has 0 amide bonds. The Bertz CT molecular complexity index is 594. The number of para-hydroxylation sites is 1. The highest BCUT2D eigenvalue weighted by Crippen LogP contribution is 2.34. The lowest BCUT2D eigenvalue weighted by Gasteiger charge is -2.37. The van der Waals surface area contributed by atoms with Crippen LogP contribution >= 0.6 is 0 Å². The van der Waals surface area contributed by atoms with Crippen molar-refractivity contribution in [3.8, 4) is 11.5 Å². The van der Waals surface area contributed by atoms with E-state index in [-0.39, 0.29) is 0 Å². The fourth-order valence-corrected chi connectivity index (χ4v) is 2.90. The topological polar surface area (TPSA) is 12.5 Å². The Morgan fingerprint density at radius 2 is 1.75 bits per heavy atom. The maximum atomic E-state index is 5.94. The Hall–Kier alpha value is -1.80. The summed E-state index contributed by atoms with van der Waals surface area (Å²) in [4.78, 5) is 2.43. The Morgan fingerprint density at radius 3 is 2.50 bits per heavy atom. The highest BCUT2D eigenvalue weighted by Gasteiger charge is 2.26. The van der Waals surface area contributed by atoms with Gasteiger partial charge in [-0.3, -0.25) is 4.90 Å². The first-order chi connectivity index (χ1) is 9.65. The molecule has 1 heterocycles. The number of hydrogen-bond donors (Lipinski definition) is 0. The molecule has 0 aliphatic carbocycles. The molecule has 3 rings (SSSR count). The van der Waals surface area contributed by atoms with Gasteiger partial charge in [0.25, 0.3) is 0 Å². The fraction of sp³-hybridized carbons (Fsp3) is 0.333. The molecule has 1 aliphatic rings. The van der Waals surface area contributed by atoms with Crippen molar-refractivity contribution in [3.63, 3.8) is 0 Å². The minimum Gasteiger partial charge on any atom is -0.457 e. The highest BCUT2D eigenvalue weighted by atomic mass is 16.5. The van der Waals surface area contributed by atoms with Crippen LogP contribution in [-0.2, 0) is 6.42 Å². The van der Waals surface area contributed by atoms with Crippen LogP contribution in [0.2, 0.25) is 0 Å². The zero-order valence-corrected chi connectivity index (χ0v) is 12.3. The van der Waals surface area contributed by atoms with E-state index < -0.39 is 0 Å². The van der Waals surface area contributed by atoms with E-state index in [0.717, 1.165) is 17.9 Å². The monoisotopic (exact) mass is 267 g/mol. The molecule has 0 N–H and O–H groups in total. The van der Waals surface area contributed by atoms with Crippen LogP contribution in [0, 0.1) is 0 Å². The molecule has 2 atom stereocenters.